The van der Waals surface area contributed by atoms with Crippen LogP contribution in [0.2, 0.25) is 0 Å². The minimum Gasteiger partial charge on any atom is -0.503 e. The molecule has 0 bridgehead atoms. The number of carbonyl (C=O) groups excluding carboxylic acids is 2. The summed E-state index contributed by atoms with van der Waals surface area (Å²) in [6, 6.07) is 3.43. The van der Waals surface area contributed by atoms with E-state index in [1.165, 1.54) is 7.11 Å². The number of hydrogen-bond donors (Lipinski definition) is 1. The fourth-order valence-corrected chi connectivity index (χ4v) is 4.73. The maximum Gasteiger partial charge on any atom is 0.336 e. The molecular formula is C23H28BrNO5. The number of unbranched alkanes of at least 4 members (excludes halogenated alkanes) is 2. The van der Waals surface area contributed by atoms with Crippen LogP contribution in [0.3, 0.4) is 0 Å². The number of ketones is 1. The first-order valence-corrected chi connectivity index (χ1v) is 11.2. The lowest BCUT2D eigenvalue weighted by Gasteiger charge is -2.35. The van der Waals surface area contributed by atoms with Gasteiger partial charge in [-0.15, -0.1) is 0 Å². The highest BCUT2D eigenvalue weighted by Crippen LogP contribution is 2.46. The summed E-state index contributed by atoms with van der Waals surface area (Å²) in [7, 11) is 1.47. The second kappa shape index (κ2) is 9.77. The van der Waals surface area contributed by atoms with Gasteiger partial charge in [-0.25, -0.2) is 4.79 Å². The third-order valence-corrected chi connectivity index (χ3v) is 6.34. The molecule has 7 heteroatoms. The number of ether oxygens (including phenoxy) is 2. The molecule has 6 nitrogen and oxygen atoms in total. The zero-order valence-electron chi connectivity index (χ0n) is 17.7. The van der Waals surface area contributed by atoms with E-state index >= 15 is 0 Å². The minimum absolute atomic E-state index is 0.0229. The molecule has 3 rings (SSSR count). The molecule has 0 spiro atoms. The maximum absolute atomic E-state index is 13.1. The molecule has 2 atom stereocenters. The van der Waals surface area contributed by atoms with Crippen molar-refractivity contribution < 1.29 is 24.2 Å². The monoisotopic (exact) mass is 477 g/mol. The van der Waals surface area contributed by atoms with Gasteiger partial charge < -0.3 is 14.6 Å². The molecule has 2 aliphatic rings. The summed E-state index contributed by atoms with van der Waals surface area (Å²) < 4.78 is 11.3. The topological polar surface area (TPSA) is 85.2 Å². The van der Waals surface area contributed by atoms with E-state index in [0.717, 1.165) is 37.8 Å². The molecule has 1 aromatic rings. The van der Waals surface area contributed by atoms with Gasteiger partial charge >= 0.3 is 5.97 Å². The van der Waals surface area contributed by atoms with E-state index in [4.69, 9.17) is 9.47 Å². The van der Waals surface area contributed by atoms with Gasteiger partial charge in [0, 0.05) is 23.7 Å². The Balaban J connectivity index is 2.07. The van der Waals surface area contributed by atoms with Crippen molar-refractivity contribution >= 4 is 33.4 Å². The van der Waals surface area contributed by atoms with E-state index in [0.29, 0.717) is 34.3 Å². The number of esters is 1. The summed E-state index contributed by atoms with van der Waals surface area (Å²) in [5, 5.41) is 10.2. The Morgan fingerprint density at radius 3 is 2.73 bits per heavy atom. The van der Waals surface area contributed by atoms with Crippen LogP contribution in [0.1, 0.15) is 63.9 Å². The highest BCUT2D eigenvalue weighted by molar-refractivity contribution is 9.10. The first-order valence-electron chi connectivity index (χ1n) is 10.4. The summed E-state index contributed by atoms with van der Waals surface area (Å²) in [4.78, 5) is 30.7. The standard InChI is InChI=1S/C23H28BrNO5/c1-4-5-6-10-30-23(28)19-13(2)25-16-8-7-9-17(26)21(16)20(19)14-11-15(24)22(27)18(12-14)29-3/h11-12,20-21,27H,4-10H2,1-3H3. The Kier molecular flexibility index (Phi) is 7.34. The van der Waals surface area contributed by atoms with Crippen molar-refractivity contribution in [3.8, 4) is 11.5 Å². The molecule has 1 saturated carbocycles. The predicted octanol–water partition coefficient (Wildman–Crippen LogP) is 5.08. The van der Waals surface area contributed by atoms with Crippen LogP contribution in [0.4, 0.5) is 0 Å². The van der Waals surface area contributed by atoms with E-state index in [1.807, 2.05) is 0 Å². The van der Waals surface area contributed by atoms with Gasteiger partial charge in [0.15, 0.2) is 11.5 Å². The van der Waals surface area contributed by atoms with Crippen LogP contribution in [0.25, 0.3) is 0 Å². The summed E-state index contributed by atoms with van der Waals surface area (Å²) in [5.74, 6) is -1.11. The van der Waals surface area contributed by atoms with Gasteiger partial charge in [0.25, 0.3) is 0 Å². The number of benzene rings is 1. The second-order valence-electron chi connectivity index (χ2n) is 7.77. The number of methoxy groups -OCH3 is 1. The van der Waals surface area contributed by atoms with E-state index < -0.39 is 17.8 Å². The summed E-state index contributed by atoms with van der Waals surface area (Å²) in [6.45, 7) is 4.23. The Labute approximate surface area is 185 Å². The number of Topliss-reactive ketones (excluding diaryl/α,β-unsaturated/α-hetero) is 1. The molecule has 1 aliphatic carbocycles. The summed E-state index contributed by atoms with van der Waals surface area (Å²) in [5.41, 5.74) is 2.53. The SMILES string of the molecule is CCCCCOC(=O)C1=C(C)N=C2CCCC(=O)C2C1c1cc(Br)c(O)c(OC)c1. The van der Waals surface area contributed by atoms with Crippen LogP contribution in [0.15, 0.2) is 32.9 Å². The number of allylic oxidation sites excluding steroid dienone is 1. The van der Waals surface area contributed by atoms with E-state index in [2.05, 4.69) is 27.8 Å². The first kappa shape index (κ1) is 22.5. The molecule has 2 unspecified atom stereocenters. The van der Waals surface area contributed by atoms with Gasteiger partial charge in [0.2, 0.25) is 0 Å². The first-order chi connectivity index (χ1) is 14.4. The maximum atomic E-state index is 13.1. The molecule has 30 heavy (non-hydrogen) atoms. The van der Waals surface area contributed by atoms with Crippen LogP contribution in [-0.4, -0.2) is 36.3 Å². The fourth-order valence-electron chi connectivity index (χ4n) is 4.27. The number of phenols is 1. The number of rotatable bonds is 7. The number of carbonyl (C=O) groups is 2. The van der Waals surface area contributed by atoms with Crippen LogP contribution in [-0.2, 0) is 14.3 Å². The van der Waals surface area contributed by atoms with Gasteiger partial charge in [0.05, 0.1) is 29.7 Å². The minimum atomic E-state index is -0.519. The average molecular weight is 478 g/mol. The third kappa shape index (κ3) is 4.46. The Bertz CT molecular complexity index is 905. The lowest BCUT2D eigenvalue weighted by Crippen LogP contribution is -2.39. The highest BCUT2D eigenvalue weighted by Gasteiger charge is 2.44. The van der Waals surface area contributed by atoms with Crippen LogP contribution in [0.5, 0.6) is 11.5 Å². The van der Waals surface area contributed by atoms with Crippen LogP contribution >= 0.6 is 15.9 Å². The zero-order chi connectivity index (χ0) is 21.8. The molecule has 1 aliphatic heterocycles. The molecule has 0 saturated heterocycles. The molecule has 1 heterocycles. The molecular weight excluding hydrogens is 450 g/mol. The van der Waals surface area contributed by atoms with Gasteiger partial charge in [-0.2, -0.15) is 0 Å². The highest BCUT2D eigenvalue weighted by atomic mass is 79.9. The fraction of sp³-hybridized carbons (Fsp3) is 0.522. The second-order valence-corrected chi connectivity index (χ2v) is 8.63. The third-order valence-electron chi connectivity index (χ3n) is 5.74. The van der Waals surface area contributed by atoms with Crippen molar-refractivity contribution in [3.63, 3.8) is 0 Å². The number of nitrogens with zero attached hydrogens (tertiary/aromatic N) is 1. The molecule has 0 radical (unpaired) electrons. The van der Waals surface area contributed by atoms with Crippen molar-refractivity contribution in [2.45, 2.75) is 58.3 Å². The number of fused-ring (bicyclic) bond motifs is 1. The lowest BCUT2D eigenvalue weighted by atomic mass is 9.69. The zero-order valence-corrected chi connectivity index (χ0v) is 19.3. The van der Waals surface area contributed by atoms with Crippen molar-refractivity contribution in [2.24, 2.45) is 10.9 Å². The van der Waals surface area contributed by atoms with Crippen molar-refractivity contribution in [2.75, 3.05) is 13.7 Å². The van der Waals surface area contributed by atoms with Gasteiger partial charge in [0.1, 0.15) is 5.78 Å². The van der Waals surface area contributed by atoms with Crippen molar-refractivity contribution in [1.29, 1.82) is 0 Å². The quantitative estimate of drug-likeness (QED) is 0.437. The number of phenolic OH excluding ortho intramolecular Hbond substituents is 1. The normalized spacial score (nSPS) is 21.2. The van der Waals surface area contributed by atoms with Gasteiger partial charge in [-0.1, -0.05) is 19.8 Å². The summed E-state index contributed by atoms with van der Waals surface area (Å²) in [6.07, 6.45) is 4.80. The van der Waals surface area contributed by atoms with E-state index in [9.17, 15) is 14.7 Å². The average Bonchev–Trinajstić information content (AvgIpc) is 2.72. The largest absolute Gasteiger partial charge is 0.503 e. The number of halogens is 1. The molecule has 162 valence electrons. The van der Waals surface area contributed by atoms with Gasteiger partial charge in [-0.05, 0) is 59.8 Å². The molecule has 1 N–H and O–H groups in total. The van der Waals surface area contributed by atoms with E-state index in [1.54, 1.807) is 19.1 Å². The predicted molar refractivity (Wildman–Crippen MR) is 118 cm³/mol. The Hall–Kier alpha value is -2.15. The lowest BCUT2D eigenvalue weighted by molar-refractivity contribution is -0.139. The van der Waals surface area contributed by atoms with E-state index in [-0.39, 0.29) is 17.3 Å². The molecule has 0 amide bonds. The number of hydrogen-bond acceptors (Lipinski definition) is 6. The Morgan fingerprint density at radius 1 is 1.27 bits per heavy atom. The van der Waals surface area contributed by atoms with Gasteiger partial charge in [-0.3, -0.25) is 9.79 Å². The molecule has 1 aromatic carbocycles. The van der Waals surface area contributed by atoms with Crippen molar-refractivity contribution in [1.82, 2.24) is 0 Å². The number of aliphatic imine (C=N–C) groups is 1. The Morgan fingerprint density at radius 2 is 2.03 bits per heavy atom. The van der Waals surface area contributed by atoms with Crippen LogP contribution < -0.4 is 4.74 Å². The smallest absolute Gasteiger partial charge is 0.336 e. The van der Waals surface area contributed by atoms with Crippen molar-refractivity contribution in [3.05, 3.63) is 33.4 Å². The van der Waals surface area contributed by atoms with Crippen LogP contribution in [0, 0.1) is 5.92 Å². The number of aromatic hydroxyl groups is 1. The molecule has 0 aromatic heterocycles. The molecule has 1 fully saturated rings. The summed E-state index contributed by atoms with van der Waals surface area (Å²) >= 11 is 3.36.